The van der Waals surface area contributed by atoms with E-state index in [0.29, 0.717) is 6.04 Å². The first-order valence-corrected chi connectivity index (χ1v) is 6.77. The minimum Gasteiger partial charge on any atom is -0.329 e. The first-order valence-electron chi connectivity index (χ1n) is 6.77. The van der Waals surface area contributed by atoms with Crippen molar-refractivity contribution in [1.82, 2.24) is 4.90 Å². The highest BCUT2D eigenvalue weighted by atomic mass is 15.2. The van der Waals surface area contributed by atoms with Gasteiger partial charge in [0.1, 0.15) is 0 Å². The summed E-state index contributed by atoms with van der Waals surface area (Å²) in [6.07, 6.45) is 6.54. The summed E-state index contributed by atoms with van der Waals surface area (Å²) in [7, 11) is 2.25. The molecule has 1 aliphatic rings. The molecule has 0 saturated heterocycles. The molecule has 2 rings (SSSR count). The molecule has 17 heavy (non-hydrogen) atoms. The van der Waals surface area contributed by atoms with Gasteiger partial charge in [0, 0.05) is 18.6 Å². The zero-order valence-electron chi connectivity index (χ0n) is 10.8. The molecule has 1 unspecified atom stereocenters. The summed E-state index contributed by atoms with van der Waals surface area (Å²) in [6, 6.07) is 11.9. The largest absolute Gasteiger partial charge is 0.329 e. The van der Waals surface area contributed by atoms with Gasteiger partial charge in [0.05, 0.1) is 0 Å². The molecule has 1 aliphatic carbocycles. The van der Waals surface area contributed by atoms with Gasteiger partial charge in [-0.05, 0) is 31.9 Å². The molecule has 2 nitrogen and oxygen atoms in total. The lowest BCUT2D eigenvalue weighted by Crippen LogP contribution is -2.44. The van der Waals surface area contributed by atoms with Crippen LogP contribution in [0.1, 0.15) is 31.2 Å². The van der Waals surface area contributed by atoms with Crippen molar-refractivity contribution in [3.63, 3.8) is 0 Å². The fourth-order valence-corrected chi connectivity index (χ4v) is 2.89. The van der Waals surface area contributed by atoms with E-state index in [2.05, 4.69) is 42.3 Å². The van der Waals surface area contributed by atoms with E-state index < -0.39 is 0 Å². The van der Waals surface area contributed by atoms with E-state index in [0.717, 1.165) is 19.0 Å². The number of nitrogens with two attached hydrogens (primary N) is 1. The standard InChI is InChI=1S/C15H24N2/c1-17(14-9-5-6-10-14)15(12-16)11-13-7-3-2-4-8-13/h2-4,7-8,14-15H,5-6,9-12,16H2,1H3. The van der Waals surface area contributed by atoms with Gasteiger partial charge in [0.25, 0.3) is 0 Å². The predicted molar refractivity (Wildman–Crippen MR) is 73.0 cm³/mol. The smallest absolute Gasteiger partial charge is 0.0258 e. The zero-order valence-corrected chi connectivity index (χ0v) is 10.8. The van der Waals surface area contributed by atoms with Gasteiger partial charge < -0.3 is 5.73 Å². The lowest BCUT2D eigenvalue weighted by Gasteiger charge is -2.32. The quantitative estimate of drug-likeness (QED) is 0.845. The van der Waals surface area contributed by atoms with Crippen LogP contribution in [0, 0.1) is 0 Å². The number of hydrogen-bond donors (Lipinski definition) is 1. The molecular formula is C15H24N2. The van der Waals surface area contributed by atoms with E-state index in [4.69, 9.17) is 5.73 Å². The first-order chi connectivity index (χ1) is 8.31. The van der Waals surface area contributed by atoms with Gasteiger partial charge in [-0.15, -0.1) is 0 Å². The Morgan fingerprint density at radius 1 is 1.24 bits per heavy atom. The monoisotopic (exact) mass is 232 g/mol. The van der Waals surface area contributed by atoms with Crippen LogP contribution >= 0.6 is 0 Å². The Bertz CT molecular complexity index is 317. The maximum absolute atomic E-state index is 5.95. The molecule has 1 fully saturated rings. The molecule has 94 valence electrons. The van der Waals surface area contributed by atoms with Crippen molar-refractivity contribution in [3.8, 4) is 0 Å². The molecule has 0 bridgehead atoms. The Morgan fingerprint density at radius 3 is 2.47 bits per heavy atom. The molecule has 0 aromatic heterocycles. The summed E-state index contributed by atoms with van der Waals surface area (Å²) in [5, 5.41) is 0. The Balaban J connectivity index is 1.96. The highest BCUT2D eigenvalue weighted by Crippen LogP contribution is 2.24. The average Bonchev–Trinajstić information content (AvgIpc) is 2.90. The van der Waals surface area contributed by atoms with E-state index in [1.165, 1.54) is 31.2 Å². The molecule has 0 heterocycles. The molecule has 1 atom stereocenters. The fourth-order valence-electron chi connectivity index (χ4n) is 2.89. The average molecular weight is 232 g/mol. The third-order valence-electron chi connectivity index (χ3n) is 4.06. The molecule has 1 aromatic carbocycles. The van der Waals surface area contributed by atoms with Gasteiger partial charge in [0.2, 0.25) is 0 Å². The van der Waals surface area contributed by atoms with Crippen LogP contribution < -0.4 is 5.73 Å². The van der Waals surface area contributed by atoms with Crippen LogP contribution in [0.5, 0.6) is 0 Å². The minimum absolute atomic E-state index is 0.487. The Morgan fingerprint density at radius 2 is 1.88 bits per heavy atom. The Hall–Kier alpha value is -0.860. The summed E-state index contributed by atoms with van der Waals surface area (Å²) in [6.45, 7) is 0.752. The summed E-state index contributed by atoms with van der Waals surface area (Å²) in [5.41, 5.74) is 7.34. The van der Waals surface area contributed by atoms with Gasteiger partial charge in [-0.25, -0.2) is 0 Å². The van der Waals surface area contributed by atoms with E-state index in [-0.39, 0.29) is 0 Å². The fraction of sp³-hybridized carbons (Fsp3) is 0.600. The van der Waals surface area contributed by atoms with Crippen LogP contribution in [0.2, 0.25) is 0 Å². The van der Waals surface area contributed by atoms with E-state index >= 15 is 0 Å². The van der Waals surface area contributed by atoms with Crippen LogP contribution in [0.15, 0.2) is 30.3 Å². The van der Waals surface area contributed by atoms with Gasteiger partial charge >= 0.3 is 0 Å². The summed E-state index contributed by atoms with van der Waals surface area (Å²) < 4.78 is 0. The second-order valence-electron chi connectivity index (χ2n) is 5.18. The van der Waals surface area contributed by atoms with Crippen LogP contribution in [0.4, 0.5) is 0 Å². The highest BCUT2D eigenvalue weighted by molar-refractivity contribution is 5.16. The third kappa shape index (κ3) is 3.30. The highest BCUT2D eigenvalue weighted by Gasteiger charge is 2.24. The molecule has 0 spiro atoms. The van der Waals surface area contributed by atoms with Crippen molar-refractivity contribution in [2.24, 2.45) is 5.73 Å². The van der Waals surface area contributed by atoms with Gasteiger partial charge in [-0.1, -0.05) is 43.2 Å². The second kappa shape index (κ2) is 6.18. The van der Waals surface area contributed by atoms with Crippen LogP contribution in [0.25, 0.3) is 0 Å². The predicted octanol–water partition coefficient (Wildman–Crippen LogP) is 2.43. The minimum atomic E-state index is 0.487. The number of likely N-dealkylation sites (N-methyl/N-ethyl adjacent to an activating group) is 1. The van der Waals surface area contributed by atoms with E-state index in [9.17, 15) is 0 Å². The maximum atomic E-state index is 5.95. The Kier molecular flexibility index (Phi) is 4.57. The molecule has 1 aromatic rings. The molecule has 0 aliphatic heterocycles. The molecule has 1 saturated carbocycles. The zero-order chi connectivity index (χ0) is 12.1. The van der Waals surface area contributed by atoms with Gasteiger partial charge in [-0.2, -0.15) is 0 Å². The maximum Gasteiger partial charge on any atom is 0.0258 e. The molecule has 2 N–H and O–H groups in total. The van der Waals surface area contributed by atoms with Gasteiger partial charge in [-0.3, -0.25) is 4.90 Å². The van der Waals surface area contributed by atoms with Crippen LogP contribution in [-0.4, -0.2) is 30.6 Å². The number of nitrogens with zero attached hydrogens (tertiary/aromatic N) is 1. The van der Waals surface area contributed by atoms with Crippen LogP contribution in [0.3, 0.4) is 0 Å². The van der Waals surface area contributed by atoms with Crippen molar-refractivity contribution in [2.75, 3.05) is 13.6 Å². The summed E-state index contributed by atoms with van der Waals surface area (Å²) in [4.78, 5) is 2.51. The molecular weight excluding hydrogens is 208 g/mol. The molecule has 0 amide bonds. The number of hydrogen-bond acceptors (Lipinski definition) is 2. The van der Waals surface area contributed by atoms with Crippen molar-refractivity contribution < 1.29 is 0 Å². The third-order valence-corrected chi connectivity index (χ3v) is 4.06. The number of benzene rings is 1. The molecule has 2 heteroatoms. The SMILES string of the molecule is CN(C1CCCC1)C(CN)Cc1ccccc1. The summed E-state index contributed by atoms with van der Waals surface area (Å²) in [5.74, 6) is 0. The Labute approximate surface area is 105 Å². The lowest BCUT2D eigenvalue weighted by molar-refractivity contribution is 0.177. The lowest BCUT2D eigenvalue weighted by atomic mass is 10.0. The first kappa shape index (κ1) is 12.6. The van der Waals surface area contributed by atoms with Crippen molar-refractivity contribution in [3.05, 3.63) is 35.9 Å². The van der Waals surface area contributed by atoms with Crippen molar-refractivity contribution in [1.29, 1.82) is 0 Å². The second-order valence-corrected chi connectivity index (χ2v) is 5.18. The van der Waals surface area contributed by atoms with Gasteiger partial charge in [0.15, 0.2) is 0 Å². The topological polar surface area (TPSA) is 29.3 Å². The van der Waals surface area contributed by atoms with Crippen molar-refractivity contribution >= 4 is 0 Å². The van der Waals surface area contributed by atoms with E-state index in [1.807, 2.05) is 0 Å². The normalized spacial score (nSPS) is 18.8. The van der Waals surface area contributed by atoms with Crippen LogP contribution in [-0.2, 0) is 6.42 Å². The van der Waals surface area contributed by atoms with E-state index in [1.54, 1.807) is 0 Å². The molecule has 0 radical (unpaired) electrons. The van der Waals surface area contributed by atoms with Crippen molar-refractivity contribution in [2.45, 2.75) is 44.2 Å². The summed E-state index contributed by atoms with van der Waals surface area (Å²) >= 11 is 0. The number of rotatable bonds is 5.